The molecule has 4 heteroatoms. The van der Waals surface area contributed by atoms with Gasteiger partial charge in [-0.3, -0.25) is 0 Å². The maximum atomic E-state index is 6.19. The van der Waals surface area contributed by atoms with Gasteiger partial charge in [-0.15, -0.1) is 5.10 Å². The molecule has 0 amide bonds. The van der Waals surface area contributed by atoms with Crippen LogP contribution in [0.2, 0.25) is 5.15 Å². The molecule has 0 saturated heterocycles. The second kappa shape index (κ2) is 5.05. The van der Waals surface area contributed by atoms with Crippen LogP contribution in [0.4, 0.5) is 0 Å². The van der Waals surface area contributed by atoms with Crippen LogP contribution >= 0.6 is 11.6 Å². The Morgan fingerprint density at radius 3 is 2.76 bits per heavy atom. The second-order valence-corrected chi connectivity index (χ2v) is 4.94. The highest BCUT2D eigenvalue weighted by Crippen LogP contribution is 2.17. The van der Waals surface area contributed by atoms with Crippen molar-refractivity contribution in [2.24, 2.45) is 5.92 Å². The van der Waals surface area contributed by atoms with Gasteiger partial charge in [-0.05, 0) is 30.0 Å². The van der Waals surface area contributed by atoms with E-state index >= 15 is 0 Å². The fourth-order valence-electron chi connectivity index (χ4n) is 1.79. The molecule has 2 aromatic rings. The smallest absolute Gasteiger partial charge is 0.157 e. The van der Waals surface area contributed by atoms with Crippen LogP contribution in [0.3, 0.4) is 0 Å². The molecule has 0 spiro atoms. The summed E-state index contributed by atoms with van der Waals surface area (Å²) >= 11 is 6.19. The summed E-state index contributed by atoms with van der Waals surface area (Å²) in [6.07, 6.45) is 3.02. The highest BCUT2D eigenvalue weighted by atomic mass is 35.5. The van der Waals surface area contributed by atoms with Crippen molar-refractivity contribution in [3.05, 3.63) is 28.7 Å². The molecule has 0 bridgehead atoms. The van der Waals surface area contributed by atoms with E-state index in [1.165, 1.54) is 5.56 Å². The average molecular weight is 252 g/mol. The third-order valence-corrected chi connectivity index (χ3v) is 3.40. The highest BCUT2D eigenvalue weighted by Gasteiger charge is 2.10. The van der Waals surface area contributed by atoms with Crippen molar-refractivity contribution in [1.82, 2.24) is 14.6 Å². The molecule has 0 aliphatic rings. The Morgan fingerprint density at radius 1 is 1.35 bits per heavy atom. The predicted molar refractivity (Wildman–Crippen MR) is 70.5 cm³/mol. The minimum atomic E-state index is 0.608. The van der Waals surface area contributed by atoms with E-state index in [0.717, 1.165) is 30.7 Å². The van der Waals surface area contributed by atoms with Crippen LogP contribution in [0, 0.1) is 5.92 Å². The summed E-state index contributed by atoms with van der Waals surface area (Å²) in [6, 6.07) is 4.01. The second-order valence-electron chi connectivity index (χ2n) is 4.56. The number of fused-ring (bicyclic) bond motifs is 1. The molecule has 0 radical (unpaired) electrons. The SMILES string of the molecule is CCc1cc(Cl)n2nc(CC(C)CC)nc2c1. The van der Waals surface area contributed by atoms with E-state index in [9.17, 15) is 0 Å². The molecule has 2 heterocycles. The zero-order valence-electron chi connectivity index (χ0n) is 10.6. The van der Waals surface area contributed by atoms with Crippen molar-refractivity contribution in [3.8, 4) is 0 Å². The highest BCUT2D eigenvalue weighted by molar-refractivity contribution is 6.29. The largest absolute Gasteiger partial charge is 0.212 e. The van der Waals surface area contributed by atoms with Crippen LogP contribution in [-0.2, 0) is 12.8 Å². The molecule has 2 rings (SSSR count). The van der Waals surface area contributed by atoms with Crippen molar-refractivity contribution >= 4 is 17.2 Å². The third kappa shape index (κ3) is 2.60. The molecule has 3 nitrogen and oxygen atoms in total. The van der Waals surface area contributed by atoms with Gasteiger partial charge in [-0.2, -0.15) is 0 Å². The van der Waals surface area contributed by atoms with Crippen LogP contribution in [0.15, 0.2) is 12.1 Å². The molecular formula is C13H18ClN3. The first-order valence-electron chi connectivity index (χ1n) is 6.18. The summed E-state index contributed by atoms with van der Waals surface area (Å²) in [7, 11) is 0. The molecule has 1 atom stereocenters. The maximum absolute atomic E-state index is 6.19. The Morgan fingerprint density at radius 2 is 2.12 bits per heavy atom. The normalized spacial score (nSPS) is 13.2. The lowest BCUT2D eigenvalue weighted by Gasteiger charge is -2.02. The number of hydrogen-bond acceptors (Lipinski definition) is 2. The van der Waals surface area contributed by atoms with Gasteiger partial charge in [0.2, 0.25) is 0 Å². The molecule has 0 fully saturated rings. The fraction of sp³-hybridized carbons (Fsp3) is 0.538. The number of rotatable bonds is 4. The number of nitrogens with zero attached hydrogens (tertiary/aromatic N) is 3. The van der Waals surface area contributed by atoms with E-state index in [2.05, 4.69) is 36.9 Å². The van der Waals surface area contributed by atoms with E-state index in [1.54, 1.807) is 4.52 Å². The molecule has 92 valence electrons. The van der Waals surface area contributed by atoms with Gasteiger partial charge in [0, 0.05) is 6.42 Å². The molecule has 0 saturated carbocycles. The van der Waals surface area contributed by atoms with Gasteiger partial charge in [0.05, 0.1) is 0 Å². The molecule has 1 unspecified atom stereocenters. The summed E-state index contributed by atoms with van der Waals surface area (Å²) in [4.78, 5) is 4.54. The average Bonchev–Trinajstić information content (AvgIpc) is 2.71. The van der Waals surface area contributed by atoms with Crippen LogP contribution in [-0.4, -0.2) is 14.6 Å². The van der Waals surface area contributed by atoms with Crippen molar-refractivity contribution in [1.29, 1.82) is 0 Å². The standard InChI is InChI=1S/C13H18ClN3/c1-4-9(3)6-12-15-13-8-10(5-2)7-11(14)17(13)16-12/h7-9H,4-6H2,1-3H3. The van der Waals surface area contributed by atoms with E-state index < -0.39 is 0 Å². The quantitative estimate of drug-likeness (QED) is 0.778. The van der Waals surface area contributed by atoms with Gasteiger partial charge in [0.1, 0.15) is 5.15 Å². The number of pyridine rings is 1. The van der Waals surface area contributed by atoms with Gasteiger partial charge in [-0.25, -0.2) is 9.50 Å². The van der Waals surface area contributed by atoms with Gasteiger partial charge >= 0.3 is 0 Å². The zero-order chi connectivity index (χ0) is 12.4. The van der Waals surface area contributed by atoms with Gasteiger partial charge in [0.25, 0.3) is 0 Å². The topological polar surface area (TPSA) is 30.2 Å². The van der Waals surface area contributed by atoms with Crippen LogP contribution < -0.4 is 0 Å². The van der Waals surface area contributed by atoms with E-state index in [0.29, 0.717) is 11.1 Å². The van der Waals surface area contributed by atoms with Crippen molar-refractivity contribution < 1.29 is 0 Å². The Hall–Kier alpha value is -1.09. The molecule has 2 aromatic heterocycles. The van der Waals surface area contributed by atoms with Crippen molar-refractivity contribution in [3.63, 3.8) is 0 Å². The maximum Gasteiger partial charge on any atom is 0.157 e. The number of hydrogen-bond donors (Lipinski definition) is 0. The van der Waals surface area contributed by atoms with Gasteiger partial charge < -0.3 is 0 Å². The Balaban J connectivity index is 2.39. The summed E-state index contributed by atoms with van der Waals surface area (Å²) in [6.45, 7) is 6.51. The van der Waals surface area contributed by atoms with E-state index in [1.807, 2.05) is 6.07 Å². The lowest BCUT2D eigenvalue weighted by atomic mass is 10.1. The van der Waals surface area contributed by atoms with Crippen LogP contribution in [0.1, 0.15) is 38.6 Å². The number of aryl methyl sites for hydroxylation is 1. The summed E-state index contributed by atoms with van der Waals surface area (Å²) in [5.41, 5.74) is 2.05. The summed E-state index contributed by atoms with van der Waals surface area (Å²) < 4.78 is 1.72. The molecule has 0 aliphatic carbocycles. The molecule has 0 aromatic carbocycles. The van der Waals surface area contributed by atoms with Crippen LogP contribution in [0.5, 0.6) is 0 Å². The zero-order valence-corrected chi connectivity index (χ0v) is 11.3. The van der Waals surface area contributed by atoms with Crippen molar-refractivity contribution in [2.75, 3.05) is 0 Å². The van der Waals surface area contributed by atoms with Crippen molar-refractivity contribution in [2.45, 2.75) is 40.0 Å². The first-order valence-corrected chi connectivity index (χ1v) is 6.55. The minimum absolute atomic E-state index is 0.608. The lowest BCUT2D eigenvalue weighted by Crippen LogP contribution is -2.00. The number of aromatic nitrogens is 3. The first kappa shape index (κ1) is 12.4. The van der Waals surface area contributed by atoms with Crippen LogP contribution in [0.25, 0.3) is 5.65 Å². The molecule has 17 heavy (non-hydrogen) atoms. The summed E-state index contributed by atoms with van der Waals surface area (Å²) in [5, 5.41) is 5.09. The lowest BCUT2D eigenvalue weighted by molar-refractivity contribution is 0.543. The number of halogens is 1. The third-order valence-electron chi connectivity index (χ3n) is 3.13. The Labute approximate surface area is 107 Å². The molecule has 0 N–H and O–H groups in total. The summed E-state index contributed by atoms with van der Waals surface area (Å²) in [5.74, 6) is 1.49. The Kier molecular flexibility index (Phi) is 3.67. The first-order chi connectivity index (χ1) is 8.13. The van der Waals surface area contributed by atoms with Gasteiger partial charge in [0.15, 0.2) is 11.5 Å². The molecular weight excluding hydrogens is 234 g/mol. The predicted octanol–water partition coefficient (Wildman–Crippen LogP) is 3.53. The monoisotopic (exact) mass is 251 g/mol. The van der Waals surface area contributed by atoms with E-state index in [4.69, 9.17) is 11.6 Å². The Bertz CT molecular complexity index is 519. The van der Waals surface area contributed by atoms with E-state index in [-0.39, 0.29) is 0 Å². The minimum Gasteiger partial charge on any atom is -0.212 e. The fourth-order valence-corrected chi connectivity index (χ4v) is 2.05. The molecule has 0 aliphatic heterocycles. The van der Waals surface area contributed by atoms with Gasteiger partial charge in [-0.1, -0.05) is 38.8 Å².